The summed E-state index contributed by atoms with van der Waals surface area (Å²) < 4.78 is 26.9. The van der Waals surface area contributed by atoms with Gasteiger partial charge in [-0.3, -0.25) is 0 Å². The molecule has 2 N–H and O–H groups in total. The topological polar surface area (TPSA) is 78.5 Å². The van der Waals surface area contributed by atoms with Crippen molar-refractivity contribution in [2.24, 2.45) is 0 Å². The Bertz CT molecular complexity index is 972. The van der Waals surface area contributed by atoms with Crippen LogP contribution in [0.4, 0.5) is 10.5 Å². The summed E-state index contributed by atoms with van der Waals surface area (Å²) in [6, 6.07) is 13.8. The number of urea groups is 1. The van der Waals surface area contributed by atoms with E-state index in [-0.39, 0.29) is 15.6 Å². The van der Waals surface area contributed by atoms with E-state index < -0.39 is 21.6 Å². The van der Waals surface area contributed by atoms with Crippen LogP contribution < -0.4 is 10.6 Å². The molecule has 0 saturated heterocycles. The number of carbonyl (C=O) groups is 1. The first-order valence-corrected chi connectivity index (χ1v) is 11.6. The number of hydrogen-bond acceptors (Lipinski definition) is 3. The molecule has 0 aromatic heterocycles. The number of carbonyl (C=O) groups excluding carboxylic acids is 1. The lowest BCUT2D eigenvalue weighted by molar-refractivity contribution is 0.185. The molecule has 29 heavy (non-hydrogen) atoms. The van der Waals surface area contributed by atoms with Crippen LogP contribution >= 0.6 is 11.6 Å². The van der Waals surface area contributed by atoms with Crippen LogP contribution in [0.1, 0.15) is 38.7 Å². The normalized spacial score (nSPS) is 15.6. The lowest BCUT2D eigenvalue weighted by Gasteiger charge is -2.43. The van der Waals surface area contributed by atoms with E-state index >= 15 is 0 Å². The van der Waals surface area contributed by atoms with E-state index in [1.807, 2.05) is 30.3 Å². The first-order valence-electron chi connectivity index (χ1n) is 9.77. The molecule has 0 aliphatic heterocycles. The summed E-state index contributed by atoms with van der Waals surface area (Å²) in [5.74, 6) is 0. The van der Waals surface area contributed by atoms with Gasteiger partial charge in [0.2, 0.25) is 10.0 Å². The number of nitrogens with one attached hydrogen (secondary N) is 2. The predicted molar refractivity (Wildman–Crippen MR) is 116 cm³/mol. The smallest absolute Gasteiger partial charge is 0.319 e. The van der Waals surface area contributed by atoms with Gasteiger partial charge in [0, 0.05) is 13.1 Å². The molecule has 8 heteroatoms. The van der Waals surface area contributed by atoms with Gasteiger partial charge in [0.05, 0.1) is 21.1 Å². The van der Waals surface area contributed by atoms with E-state index in [4.69, 9.17) is 11.6 Å². The molecule has 2 aromatic rings. The van der Waals surface area contributed by atoms with Gasteiger partial charge in [-0.05, 0) is 43.0 Å². The summed E-state index contributed by atoms with van der Waals surface area (Å²) in [7, 11) is -3.64. The fourth-order valence-corrected chi connectivity index (χ4v) is 5.27. The van der Waals surface area contributed by atoms with Crippen LogP contribution in [0, 0.1) is 0 Å². The Morgan fingerprint density at radius 2 is 1.76 bits per heavy atom. The minimum Gasteiger partial charge on any atom is -0.328 e. The second kappa shape index (κ2) is 8.73. The van der Waals surface area contributed by atoms with Crippen molar-refractivity contribution < 1.29 is 13.2 Å². The third-order valence-electron chi connectivity index (χ3n) is 5.42. The SMILES string of the molecule is CCN(CC)S(=O)(=O)c1ccc(Cl)c(NC(=O)NC2(c3ccccc3)CCC2)c1. The number of halogens is 1. The zero-order chi connectivity index (χ0) is 21.1. The Hall–Kier alpha value is -2.09. The molecule has 3 rings (SSSR count). The molecule has 156 valence electrons. The molecule has 1 aliphatic carbocycles. The highest BCUT2D eigenvalue weighted by Gasteiger charge is 2.40. The number of sulfonamides is 1. The molecular weight excluding hydrogens is 410 g/mol. The Morgan fingerprint density at radius 1 is 1.10 bits per heavy atom. The lowest BCUT2D eigenvalue weighted by atomic mass is 9.72. The van der Waals surface area contributed by atoms with E-state index in [1.165, 1.54) is 22.5 Å². The summed E-state index contributed by atoms with van der Waals surface area (Å²) >= 11 is 6.22. The zero-order valence-corrected chi connectivity index (χ0v) is 18.2. The molecule has 0 atom stereocenters. The van der Waals surface area contributed by atoms with Crippen LogP contribution in [0.3, 0.4) is 0 Å². The molecule has 1 fully saturated rings. The minimum absolute atomic E-state index is 0.0994. The predicted octanol–water partition coefficient (Wildman–Crippen LogP) is 4.57. The van der Waals surface area contributed by atoms with Crippen LogP contribution in [0.5, 0.6) is 0 Å². The summed E-state index contributed by atoms with van der Waals surface area (Å²) in [6.07, 6.45) is 2.75. The van der Waals surface area contributed by atoms with E-state index in [9.17, 15) is 13.2 Å². The first kappa shape index (κ1) is 21.6. The first-order chi connectivity index (χ1) is 13.8. The molecule has 0 bridgehead atoms. The van der Waals surface area contributed by atoms with Crippen molar-refractivity contribution in [3.63, 3.8) is 0 Å². The Morgan fingerprint density at radius 3 is 2.31 bits per heavy atom. The third-order valence-corrected chi connectivity index (χ3v) is 7.79. The van der Waals surface area contributed by atoms with Crippen molar-refractivity contribution in [2.75, 3.05) is 18.4 Å². The average Bonchev–Trinajstić information content (AvgIpc) is 2.67. The number of amides is 2. The monoisotopic (exact) mass is 435 g/mol. The summed E-state index contributed by atoms with van der Waals surface area (Å²) in [6.45, 7) is 4.30. The van der Waals surface area contributed by atoms with Gasteiger partial charge in [0.15, 0.2) is 0 Å². The fourth-order valence-electron chi connectivity index (χ4n) is 3.62. The van der Waals surface area contributed by atoms with Gasteiger partial charge >= 0.3 is 6.03 Å². The highest BCUT2D eigenvalue weighted by atomic mass is 35.5. The molecular formula is C21H26ClN3O3S. The third kappa shape index (κ3) is 4.42. The molecule has 6 nitrogen and oxygen atoms in total. The van der Waals surface area contributed by atoms with Gasteiger partial charge in [-0.25, -0.2) is 13.2 Å². The lowest BCUT2D eigenvalue weighted by Crippen LogP contribution is -2.52. The highest BCUT2D eigenvalue weighted by molar-refractivity contribution is 7.89. The average molecular weight is 436 g/mol. The van der Waals surface area contributed by atoms with Gasteiger partial charge in [0.1, 0.15) is 0 Å². The van der Waals surface area contributed by atoms with Crippen LogP contribution in [0.15, 0.2) is 53.4 Å². The van der Waals surface area contributed by atoms with Gasteiger partial charge in [-0.15, -0.1) is 0 Å². The number of rotatable bonds is 7. The second-order valence-electron chi connectivity index (χ2n) is 7.11. The van der Waals surface area contributed by atoms with E-state index in [2.05, 4.69) is 10.6 Å². The zero-order valence-electron chi connectivity index (χ0n) is 16.6. The largest absolute Gasteiger partial charge is 0.328 e. The van der Waals surface area contributed by atoms with Crippen molar-refractivity contribution in [3.05, 3.63) is 59.1 Å². The minimum atomic E-state index is -3.64. The van der Waals surface area contributed by atoms with Gasteiger partial charge in [-0.1, -0.05) is 55.8 Å². The summed E-state index contributed by atoms with van der Waals surface area (Å²) in [5, 5.41) is 6.06. The van der Waals surface area contributed by atoms with Crippen LogP contribution in [0.2, 0.25) is 5.02 Å². The number of hydrogen-bond donors (Lipinski definition) is 2. The van der Waals surface area contributed by atoms with Crippen LogP contribution in [-0.4, -0.2) is 31.8 Å². The maximum absolute atomic E-state index is 12.8. The maximum atomic E-state index is 12.8. The van der Waals surface area contributed by atoms with Crippen LogP contribution in [0.25, 0.3) is 0 Å². The van der Waals surface area contributed by atoms with Gasteiger partial charge in [0.25, 0.3) is 0 Å². The number of nitrogens with zero attached hydrogens (tertiary/aromatic N) is 1. The fraction of sp³-hybridized carbons (Fsp3) is 0.381. The number of benzene rings is 2. The second-order valence-corrected chi connectivity index (χ2v) is 9.46. The Balaban J connectivity index is 1.80. The van der Waals surface area contributed by atoms with E-state index in [0.717, 1.165) is 24.8 Å². The molecule has 2 amide bonds. The highest BCUT2D eigenvalue weighted by Crippen LogP contribution is 2.41. The summed E-state index contributed by atoms with van der Waals surface area (Å²) in [5.41, 5.74) is 0.924. The van der Waals surface area contributed by atoms with Crippen molar-refractivity contribution in [1.82, 2.24) is 9.62 Å². The van der Waals surface area contributed by atoms with Crippen LogP contribution in [-0.2, 0) is 15.6 Å². The molecule has 1 saturated carbocycles. The Kier molecular flexibility index (Phi) is 6.51. The molecule has 1 aliphatic rings. The summed E-state index contributed by atoms with van der Waals surface area (Å²) in [4.78, 5) is 12.8. The molecule has 0 heterocycles. The maximum Gasteiger partial charge on any atom is 0.319 e. The quantitative estimate of drug-likeness (QED) is 0.668. The van der Waals surface area contributed by atoms with E-state index in [1.54, 1.807) is 13.8 Å². The molecule has 0 spiro atoms. The van der Waals surface area contributed by atoms with Crippen molar-refractivity contribution in [2.45, 2.75) is 43.5 Å². The van der Waals surface area contributed by atoms with Gasteiger partial charge in [-0.2, -0.15) is 4.31 Å². The molecule has 0 unspecified atom stereocenters. The number of anilines is 1. The van der Waals surface area contributed by atoms with Crippen molar-refractivity contribution in [1.29, 1.82) is 0 Å². The van der Waals surface area contributed by atoms with Crippen molar-refractivity contribution >= 4 is 33.3 Å². The Labute approximate surface area is 177 Å². The van der Waals surface area contributed by atoms with Gasteiger partial charge < -0.3 is 10.6 Å². The van der Waals surface area contributed by atoms with E-state index in [0.29, 0.717) is 13.1 Å². The molecule has 2 aromatic carbocycles. The standard InChI is InChI=1S/C21H26ClN3O3S/c1-3-25(4-2)29(27,28)17-11-12-18(22)19(15-17)23-20(26)24-21(13-8-14-21)16-9-6-5-7-10-16/h5-7,9-12,15H,3-4,8,13-14H2,1-2H3,(H2,23,24,26). The van der Waals surface area contributed by atoms with Crippen molar-refractivity contribution in [3.8, 4) is 0 Å². The molecule has 0 radical (unpaired) electrons.